The zero-order chi connectivity index (χ0) is 16.7. The van der Waals surface area contributed by atoms with E-state index in [0.29, 0.717) is 17.8 Å². The van der Waals surface area contributed by atoms with Crippen LogP contribution < -0.4 is 0 Å². The fourth-order valence-electron chi connectivity index (χ4n) is 4.37. The number of ether oxygens (including phenoxy) is 1. The summed E-state index contributed by atoms with van der Waals surface area (Å²) >= 11 is 0. The normalized spacial score (nSPS) is 28.0. The zero-order valence-corrected chi connectivity index (χ0v) is 14.6. The molecule has 3 aliphatic rings. The van der Waals surface area contributed by atoms with Crippen molar-refractivity contribution in [1.82, 2.24) is 0 Å². The fraction of sp³-hybridized carbons (Fsp3) is 0.304. The van der Waals surface area contributed by atoms with Crippen LogP contribution >= 0.6 is 0 Å². The second kappa shape index (κ2) is 5.98. The highest BCUT2D eigenvalue weighted by Crippen LogP contribution is 2.46. The van der Waals surface area contributed by atoms with Gasteiger partial charge in [0, 0.05) is 23.3 Å². The fourth-order valence-corrected chi connectivity index (χ4v) is 4.37. The van der Waals surface area contributed by atoms with E-state index in [1.54, 1.807) is 0 Å². The molecular formula is C23H24O. The Labute approximate surface area is 144 Å². The number of methoxy groups -OCH3 is 1. The minimum atomic E-state index is 0.400. The van der Waals surface area contributed by atoms with Crippen LogP contribution in [0, 0.1) is 17.8 Å². The van der Waals surface area contributed by atoms with Gasteiger partial charge >= 0.3 is 0 Å². The first kappa shape index (κ1) is 15.3. The van der Waals surface area contributed by atoms with Gasteiger partial charge in [0.25, 0.3) is 0 Å². The molecule has 24 heavy (non-hydrogen) atoms. The summed E-state index contributed by atoms with van der Waals surface area (Å²) in [5, 5.41) is 0. The van der Waals surface area contributed by atoms with Crippen LogP contribution in [0.2, 0.25) is 0 Å². The first-order valence-electron chi connectivity index (χ1n) is 8.81. The van der Waals surface area contributed by atoms with Crippen LogP contribution in [0.1, 0.15) is 25.0 Å². The van der Waals surface area contributed by atoms with Crippen molar-refractivity contribution in [2.45, 2.75) is 20.3 Å². The molecule has 122 valence electrons. The molecule has 0 aliphatic heterocycles. The molecule has 0 spiro atoms. The molecule has 3 aliphatic carbocycles. The summed E-state index contributed by atoms with van der Waals surface area (Å²) in [4.78, 5) is 0. The number of benzene rings is 1. The van der Waals surface area contributed by atoms with Gasteiger partial charge in [0.1, 0.15) is 5.76 Å². The number of hydrogen-bond donors (Lipinski definition) is 0. The Balaban J connectivity index is 1.93. The molecule has 1 heteroatoms. The summed E-state index contributed by atoms with van der Waals surface area (Å²) in [5.41, 5.74) is 6.83. The Kier molecular flexibility index (Phi) is 3.80. The van der Waals surface area contributed by atoms with Gasteiger partial charge in [0.15, 0.2) is 0 Å². The van der Waals surface area contributed by atoms with Gasteiger partial charge in [0.05, 0.1) is 7.11 Å². The summed E-state index contributed by atoms with van der Waals surface area (Å²) < 4.78 is 5.92. The lowest BCUT2D eigenvalue weighted by Gasteiger charge is -2.35. The molecule has 1 nitrogen and oxygen atoms in total. The predicted molar refractivity (Wildman–Crippen MR) is 100 cm³/mol. The van der Waals surface area contributed by atoms with Gasteiger partial charge in [-0.2, -0.15) is 0 Å². The largest absolute Gasteiger partial charge is 0.500 e. The molecule has 0 bridgehead atoms. The summed E-state index contributed by atoms with van der Waals surface area (Å²) in [6.45, 7) is 4.47. The van der Waals surface area contributed by atoms with Crippen molar-refractivity contribution in [2.24, 2.45) is 17.8 Å². The van der Waals surface area contributed by atoms with Crippen LogP contribution in [0.25, 0.3) is 5.57 Å². The molecular weight excluding hydrogens is 292 g/mol. The molecule has 0 fully saturated rings. The first-order valence-corrected chi connectivity index (χ1v) is 8.81. The maximum absolute atomic E-state index is 5.92. The molecule has 0 amide bonds. The number of hydrogen-bond acceptors (Lipinski definition) is 1. The van der Waals surface area contributed by atoms with E-state index in [1.165, 1.54) is 27.8 Å². The Hall–Kier alpha value is -2.28. The third kappa shape index (κ3) is 2.39. The van der Waals surface area contributed by atoms with Crippen LogP contribution in [-0.4, -0.2) is 7.11 Å². The number of allylic oxidation sites excluding steroid dienone is 10. The lowest BCUT2D eigenvalue weighted by molar-refractivity contribution is 0.246. The van der Waals surface area contributed by atoms with Gasteiger partial charge in [-0.15, -0.1) is 0 Å². The van der Waals surface area contributed by atoms with Crippen molar-refractivity contribution in [3.8, 4) is 0 Å². The maximum Gasteiger partial charge on any atom is 0.107 e. The van der Waals surface area contributed by atoms with Crippen LogP contribution in [0.5, 0.6) is 0 Å². The monoisotopic (exact) mass is 316 g/mol. The third-order valence-corrected chi connectivity index (χ3v) is 5.39. The molecule has 0 saturated carbocycles. The Morgan fingerprint density at radius 2 is 1.88 bits per heavy atom. The second-order valence-electron chi connectivity index (χ2n) is 7.09. The van der Waals surface area contributed by atoms with Crippen molar-refractivity contribution in [3.05, 3.63) is 88.8 Å². The molecule has 1 aromatic rings. The van der Waals surface area contributed by atoms with E-state index in [9.17, 15) is 0 Å². The van der Waals surface area contributed by atoms with E-state index in [1.807, 2.05) is 7.11 Å². The van der Waals surface area contributed by atoms with E-state index >= 15 is 0 Å². The minimum Gasteiger partial charge on any atom is -0.500 e. The van der Waals surface area contributed by atoms with Crippen LogP contribution in [0.4, 0.5) is 0 Å². The molecule has 3 unspecified atom stereocenters. The molecule has 0 N–H and O–H groups in total. The molecule has 0 heterocycles. The average Bonchev–Trinajstić information content (AvgIpc) is 2.59. The van der Waals surface area contributed by atoms with Gasteiger partial charge in [-0.25, -0.2) is 0 Å². The van der Waals surface area contributed by atoms with Crippen molar-refractivity contribution >= 4 is 5.57 Å². The summed E-state index contributed by atoms with van der Waals surface area (Å²) in [6.07, 6.45) is 14.8. The standard InChI is InChI=1S/C23H24O/c1-15-12-17-8-4-6-10-19(17)21(13-15)22-20-11-7-5-9-18(20)14-16(2)23(22)24-3/h4-13,16-17,19H,14H2,1-3H3. The van der Waals surface area contributed by atoms with E-state index in [4.69, 9.17) is 4.74 Å². The molecule has 0 radical (unpaired) electrons. The molecule has 0 saturated heterocycles. The van der Waals surface area contributed by atoms with Crippen molar-refractivity contribution < 1.29 is 4.74 Å². The summed E-state index contributed by atoms with van der Waals surface area (Å²) in [6, 6.07) is 8.80. The summed E-state index contributed by atoms with van der Waals surface area (Å²) in [7, 11) is 1.82. The minimum absolute atomic E-state index is 0.400. The number of fused-ring (bicyclic) bond motifs is 2. The number of rotatable bonds is 2. The highest BCUT2D eigenvalue weighted by Gasteiger charge is 2.33. The van der Waals surface area contributed by atoms with Gasteiger partial charge in [-0.3, -0.25) is 0 Å². The van der Waals surface area contributed by atoms with Crippen LogP contribution in [0.15, 0.2) is 77.6 Å². The van der Waals surface area contributed by atoms with Gasteiger partial charge in [-0.05, 0) is 30.0 Å². The lowest BCUT2D eigenvalue weighted by atomic mass is 9.71. The Morgan fingerprint density at radius 3 is 2.71 bits per heavy atom. The highest BCUT2D eigenvalue weighted by molar-refractivity contribution is 5.85. The van der Waals surface area contributed by atoms with Crippen LogP contribution in [0.3, 0.4) is 0 Å². The molecule has 1 aromatic carbocycles. The van der Waals surface area contributed by atoms with E-state index < -0.39 is 0 Å². The van der Waals surface area contributed by atoms with Crippen molar-refractivity contribution in [2.75, 3.05) is 7.11 Å². The average molecular weight is 316 g/mol. The smallest absolute Gasteiger partial charge is 0.107 e. The van der Waals surface area contributed by atoms with Gasteiger partial charge < -0.3 is 4.74 Å². The van der Waals surface area contributed by atoms with Crippen molar-refractivity contribution in [3.63, 3.8) is 0 Å². The zero-order valence-electron chi connectivity index (χ0n) is 14.6. The Bertz CT molecular complexity index is 816. The molecule has 0 aromatic heterocycles. The highest BCUT2D eigenvalue weighted by atomic mass is 16.5. The predicted octanol–water partition coefficient (Wildman–Crippen LogP) is 5.48. The molecule has 3 atom stereocenters. The van der Waals surface area contributed by atoms with Gasteiger partial charge in [-0.1, -0.05) is 73.2 Å². The summed E-state index contributed by atoms with van der Waals surface area (Å²) in [5.74, 6) is 2.40. The Morgan fingerprint density at radius 1 is 1.08 bits per heavy atom. The topological polar surface area (TPSA) is 9.23 Å². The lowest BCUT2D eigenvalue weighted by Crippen LogP contribution is -2.23. The van der Waals surface area contributed by atoms with Gasteiger partial charge in [0.2, 0.25) is 0 Å². The van der Waals surface area contributed by atoms with E-state index in [2.05, 4.69) is 74.6 Å². The quantitative estimate of drug-likeness (QED) is 0.702. The SMILES string of the molecule is COC1=C(C2=CC(C)=CC3C=CC=CC23)c2ccccc2CC1C. The maximum atomic E-state index is 5.92. The second-order valence-corrected chi connectivity index (χ2v) is 7.09. The van der Waals surface area contributed by atoms with E-state index in [-0.39, 0.29) is 0 Å². The van der Waals surface area contributed by atoms with Crippen LogP contribution in [-0.2, 0) is 11.2 Å². The third-order valence-electron chi connectivity index (χ3n) is 5.39. The first-order chi connectivity index (χ1) is 11.7. The van der Waals surface area contributed by atoms with E-state index in [0.717, 1.165) is 12.2 Å². The van der Waals surface area contributed by atoms with Crippen molar-refractivity contribution in [1.29, 1.82) is 0 Å². The molecule has 4 rings (SSSR count).